The molecule has 1 aliphatic heterocycles. The zero-order valence-corrected chi connectivity index (χ0v) is 22.6. The van der Waals surface area contributed by atoms with Gasteiger partial charge in [0.05, 0.1) is 5.69 Å². The van der Waals surface area contributed by atoms with Crippen molar-refractivity contribution in [2.45, 2.75) is 57.8 Å². The van der Waals surface area contributed by atoms with Gasteiger partial charge in [-0.25, -0.2) is 9.69 Å². The molecule has 0 radical (unpaired) electrons. The van der Waals surface area contributed by atoms with Gasteiger partial charge in [0.15, 0.2) is 0 Å². The summed E-state index contributed by atoms with van der Waals surface area (Å²) >= 11 is 5.97. The van der Waals surface area contributed by atoms with Crippen LogP contribution in [0.1, 0.15) is 61.0 Å². The number of halogens is 1. The topological polar surface area (TPSA) is 54.3 Å². The highest BCUT2D eigenvalue weighted by Gasteiger charge is 2.51. The van der Waals surface area contributed by atoms with Crippen LogP contribution in [0.15, 0.2) is 60.3 Å². The third-order valence-electron chi connectivity index (χ3n) is 9.51. The van der Waals surface area contributed by atoms with Crippen molar-refractivity contribution < 1.29 is 9.59 Å². The van der Waals surface area contributed by atoms with E-state index in [1.54, 1.807) is 30.3 Å². The lowest BCUT2D eigenvalue weighted by Gasteiger charge is -2.57. The van der Waals surface area contributed by atoms with Gasteiger partial charge in [0.1, 0.15) is 5.70 Å². The minimum atomic E-state index is -0.461. The molecular formula is C32H32ClN3O2. The van der Waals surface area contributed by atoms with Gasteiger partial charge in [0, 0.05) is 22.1 Å². The summed E-state index contributed by atoms with van der Waals surface area (Å²) in [5, 5.41) is 3.29. The van der Waals surface area contributed by atoms with Gasteiger partial charge >= 0.3 is 6.03 Å². The third-order valence-corrected chi connectivity index (χ3v) is 9.76. The molecule has 5 nitrogen and oxygen atoms in total. The Hall–Kier alpha value is -3.31. The van der Waals surface area contributed by atoms with Crippen molar-refractivity contribution in [2.75, 3.05) is 4.90 Å². The van der Waals surface area contributed by atoms with Crippen LogP contribution in [0.5, 0.6) is 0 Å². The van der Waals surface area contributed by atoms with Crippen LogP contribution in [0.2, 0.25) is 5.02 Å². The van der Waals surface area contributed by atoms with E-state index in [0.29, 0.717) is 16.1 Å². The summed E-state index contributed by atoms with van der Waals surface area (Å²) in [6, 6.07) is 17.5. The number of carbonyl (C=O) groups excluding carboxylic acids is 2. The van der Waals surface area contributed by atoms with Crippen LogP contribution in [-0.4, -0.2) is 16.5 Å². The summed E-state index contributed by atoms with van der Waals surface area (Å²) in [5.41, 5.74) is 6.82. The molecule has 3 amide bonds. The highest BCUT2D eigenvalue weighted by molar-refractivity contribution is 6.31. The summed E-state index contributed by atoms with van der Waals surface area (Å²) < 4.78 is 2.23. The van der Waals surface area contributed by atoms with E-state index in [1.807, 2.05) is 0 Å². The smallest absolute Gasteiger partial charge is 0.318 e. The van der Waals surface area contributed by atoms with Crippen LogP contribution in [0.3, 0.4) is 0 Å². The number of nitrogens with zero attached hydrogens (tertiary/aromatic N) is 2. The molecule has 6 heteroatoms. The molecule has 194 valence electrons. The van der Waals surface area contributed by atoms with Crippen LogP contribution >= 0.6 is 11.6 Å². The van der Waals surface area contributed by atoms with Crippen LogP contribution < -0.4 is 10.2 Å². The molecule has 2 aromatic carbocycles. The van der Waals surface area contributed by atoms with Crippen molar-refractivity contribution in [3.8, 4) is 5.69 Å². The second-order valence-electron chi connectivity index (χ2n) is 12.0. The minimum Gasteiger partial charge on any atom is -0.318 e. The highest BCUT2D eigenvalue weighted by Crippen LogP contribution is 2.60. The van der Waals surface area contributed by atoms with E-state index in [9.17, 15) is 9.59 Å². The first-order chi connectivity index (χ1) is 18.3. The molecule has 4 saturated carbocycles. The van der Waals surface area contributed by atoms with Gasteiger partial charge in [-0.3, -0.25) is 4.79 Å². The summed E-state index contributed by atoms with van der Waals surface area (Å²) in [6.45, 7) is 4.14. The first-order valence-corrected chi connectivity index (χ1v) is 14.1. The number of rotatable bonds is 4. The van der Waals surface area contributed by atoms with Crippen LogP contribution in [-0.2, 0) is 10.2 Å². The number of aryl methyl sites for hydroxylation is 1. The number of benzene rings is 2. The highest BCUT2D eigenvalue weighted by atomic mass is 35.5. The monoisotopic (exact) mass is 525 g/mol. The third kappa shape index (κ3) is 3.74. The molecule has 8 rings (SSSR count). The van der Waals surface area contributed by atoms with E-state index in [1.165, 1.54) is 44.1 Å². The maximum atomic E-state index is 13.1. The standard InChI is InChI=1S/C32H32ClN3O2/c1-19-11-24(15-29-30(37)36(31(38)34-29)28-9-5-26(33)6-10-28)20(2)35(19)27-7-3-25(4-8-27)32-16-21-12-22(17-32)14-23(13-21)18-32/h3-11,15,21-23H,12-14,16-18H2,1-2H3,(H,34,38)/b29-15+. The summed E-state index contributed by atoms with van der Waals surface area (Å²) in [6.07, 6.45) is 10.2. The molecule has 3 aromatic rings. The average molecular weight is 526 g/mol. The summed E-state index contributed by atoms with van der Waals surface area (Å²) in [5.74, 6) is 2.42. The number of anilines is 1. The molecule has 4 bridgehead atoms. The maximum Gasteiger partial charge on any atom is 0.333 e. The Balaban J connectivity index is 1.16. The minimum absolute atomic E-state index is 0.266. The number of amides is 3. The van der Waals surface area contributed by atoms with Crippen LogP contribution in [0.4, 0.5) is 10.5 Å². The van der Waals surface area contributed by atoms with E-state index < -0.39 is 6.03 Å². The van der Waals surface area contributed by atoms with Gasteiger partial charge < -0.3 is 9.88 Å². The molecule has 1 aromatic heterocycles. The van der Waals surface area contributed by atoms with Crippen molar-refractivity contribution in [1.82, 2.24) is 9.88 Å². The molecule has 4 aliphatic carbocycles. The Bertz CT molecular complexity index is 1450. The van der Waals surface area contributed by atoms with Gasteiger partial charge in [0.2, 0.25) is 0 Å². The molecule has 0 spiro atoms. The molecule has 2 heterocycles. The van der Waals surface area contributed by atoms with E-state index in [0.717, 1.165) is 45.3 Å². The van der Waals surface area contributed by atoms with Gasteiger partial charge in [0.25, 0.3) is 5.91 Å². The second-order valence-corrected chi connectivity index (χ2v) is 12.4. The molecule has 38 heavy (non-hydrogen) atoms. The zero-order chi connectivity index (χ0) is 26.2. The van der Waals surface area contributed by atoms with Crippen LogP contribution in [0.25, 0.3) is 11.8 Å². The number of urea groups is 1. The number of imide groups is 1. The van der Waals surface area contributed by atoms with Gasteiger partial charge in [-0.2, -0.15) is 0 Å². The van der Waals surface area contributed by atoms with E-state index in [2.05, 4.69) is 54.1 Å². The van der Waals surface area contributed by atoms with Crippen molar-refractivity contribution in [3.05, 3.63) is 87.8 Å². The number of nitrogens with one attached hydrogen (secondary N) is 1. The molecule has 1 N–H and O–H groups in total. The van der Waals surface area contributed by atoms with Crippen LogP contribution in [0, 0.1) is 31.6 Å². The first kappa shape index (κ1) is 23.8. The van der Waals surface area contributed by atoms with Gasteiger partial charge in [-0.1, -0.05) is 23.7 Å². The number of hydrogen-bond donors (Lipinski definition) is 1. The van der Waals surface area contributed by atoms with Crippen molar-refractivity contribution in [1.29, 1.82) is 0 Å². The van der Waals surface area contributed by atoms with Gasteiger partial charge in [-0.15, -0.1) is 0 Å². The quantitative estimate of drug-likeness (QED) is 0.287. The molecule has 0 atom stereocenters. The fraction of sp³-hybridized carbons (Fsp3) is 0.375. The van der Waals surface area contributed by atoms with Crippen molar-refractivity contribution >= 4 is 35.3 Å². The Morgan fingerprint density at radius 1 is 0.868 bits per heavy atom. The Morgan fingerprint density at radius 3 is 2.05 bits per heavy atom. The Kier molecular flexibility index (Phi) is 5.38. The lowest BCUT2D eigenvalue weighted by molar-refractivity contribution is -0.113. The number of carbonyl (C=O) groups is 2. The lowest BCUT2D eigenvalue weighted by Crippen LogP contribution is -2.48. The Morgan fingerprint density at radius 2 is 1.45 bits per heavy atom. The SMILES string of the molecule is Cc1cc(/C=C2/NC(=O)N(c3ccc(Cl)cc3)C2=O)c(C)n1-c1ccc(C23CC4CC(CC(C4)C2)C3)cc1. The normalized spacial score (nSPS) is 29.0. The first-order valence-electron chi connectivity index (χ1n) is 13.7. The zero-order valence-electron chi connectivity index (χ0n) is 21.8. The van der Waals surface area contributed by atoms with E-state index in [-0.39, 0.29) is 11.6 Å². The maximum absolute atomic E-state index is 13.1. The Labute approximate surface area is 228 Å². The lowest BCUT2D eigenvalue weighted by atomic mass is 9.48. The number of hydrogen-bond acceptors (Lipinski definition) is 2. The second kappa shape index (κ2) is 8.60. The van der Waals surface area contributed by atoms with E-state index >= 15 is 0 Å². The fourth-order valence-electron chi connectivity index (χ4n) is 8.27. The molecule has 1 saturated heterocycles. The predicted octanol–water partition coefficient (Wildman–Crippen LogP) is 7.31. The fourth-order valence-corrected chi connectivity index (χ4v) is 8.40. The summed E-state index contributed by atoms with van der Waals surface area (Å²) in [4.78, 5) is 26.9. The average Bonchev–Trinajstić information content (AvgIpc) is 3.32. The van der Waals surface area contributed by atoms with Crippen molar-refractivity contribution in [3.63, 3.8) is 0 Å². The summed E-state index contributed by atoms with van der Waals surface area (Å²) in [7, 11) is 0. The largest absolute Gasteiger partial charge is 0.333 e. The van der Waals surface area contributed by atoms with E-state index in [4.69, 9.17) is 11.6 Å². The molecule has 0 unspecified atom stereocenters. The van der Waals surface area contributed by atoms with Crippen molar-refractivity contribution in [2.24, 2.45) is 17.8 Å². The van der Waals surface area contributed by atoms with Gasteiger partial charge in [-0.05, 0) is 135 Å². The number of aromatic nitrogens is 1. The molecular weight excluding hydrogens is 494 g/mol. The predicted molar refractivity (Wildman–Crippen MR) is 151 cm³/mol. The molecule has 5 aliphatic rings. The molecule has 5 fully saturated rings.